The minimum atomic E-state index is -0.803. The molecule has 2 N–H and O–H groups in total. The van der Waals surface area contributed by atoms with Crippen molar-refractivity contribution >= 4 is 11.9 Å². The number of amides is 1. The normalized spacial score (nSPS) is 36.7. The monoisotopic (exact) mass is 254 g/mol. The molecule has 0 aromatic rings. The smallest absolute Gasteiger partial charge is 0.311 e. The largest absolute Gasteiger partial charge is 0.481 e. The van der Waals surface area contributed by atoms with E-state index in [0.717, 1.165) is 19.4 Å². The van der Waals surface area contributed by atoms with Crippen molar-refractivity contribution in [3.8, 4) is 0 Å². The Bertz CT molecular complexity index is 358. The summed E-state index contributed by atoms with van der Waals surface area (Å²) in [5.41, 5.74) is -0.768. The lowest BCUT2D eigenvalue weighted by Gasteiger charge is -2.31. The fourth-order valence-electron chi connectivity index (χ4n) is 2.84. The predicted octanol–water partition coefficient (Wildman–Crippen LogP) is 0.698. The van der Waals surface area contributed by atoms with Gasteiger partial charge in [-0.3, -0.25) is 9.59 Å². The van der Waals surface area contributed by atoms with Gasteiger partial charge in [-0.15, -0.1) is 0 Å². The Kier molecular flexibility index (Phi) is 3.61. The number of carboxylic acid groups (broad SMARTS) is 1. The van der Waals surface area contributed by atoms with E-state index in [1.54, 1.807) is 11.8 Å². The minimum Gasteiger partial charge on any atom is -0.481 e. The van der Waals surface area contributed by atoms with Gasteiger partial charge in [0, 0.05) is 13.1 Å². The van der Waals surface area contributed by atoms with Crippen LogP contribution in [0.25, 0.3) is 0 Å². The van der Waals surface area contributed by atoms with Gasteiger partial charge in [-0.25, -0.2) is 0 Å². The van der Waals surface area contributed by atoms with Gasteiger partial charge in [0.2, 0.25) is 5.91 Å². The molecule has 0 bridgehead atoms. The molecule has 2 aliphatic rings. The molecule has 0 aromatic heterocycles. The van der Waals surface area contributed by atoms with Crippen LogP contribution in [0, 0.1) is 11.3 Å². The molecule has 2 heterocycles. The molecular weight excluding hydrogens is 232 g/mol. The Morgan fingerprint density at radius 3 is 2.72 bits per heavy atom. The summed E-state index contributed by atoms with van der Waals surface area (Å²) in [4.78, 5) is 25.2. The third-order valence-electron chi connectivity index (χ3n) is 4.27. The highest BCUT2D eigenvalue weighted by Gasteiger charge is 2.43. The number of hydrogen-bond acceptors (Lipinski definition) is 3. The van der Waals surface area contributed by atoms with E-state index in [-0.39, 0.29) is 11.9 Å². The van der Waals surface area contributed by atoms with Gasteiger partial charge in [-0.2, -0.15) is 0 Å². The van der Waals surface area contributed by atoms with E-state index in [9.17, 15) is 14.7 Å². The maximum absolute atomic E-state index is 12.3. The summed E-state index contributed by atoms with van der Waals surface area (Å²) in [7, 11) is 0. The van der Waals surface area contributed by atoms with Gasteiger partial charge in [0.1, 0.15) is 0 Å². The molecular formula is C13H22N2O3. The number of carboxylic acids is 1. The lowest BCUT2D eigenvalue weighted by molar-refractivity contribution is -0.147. The fraction of sp³-hybridized carbons (Fsp3) is 0.846. The highest BCUT2D eigenvalue weighted by molar-refractivity contribution is 5.84. The topological polar surface area (TPSA) is 69.6 Å². The van der Waals surface area contributed by atoms with Crippen LogP contribution in [0.2, 0.25) is 0 Å². The second kappa shape index (κ2) is 4.88. The van der Waals surface area contributed by atoms with Crippen LogP contribution in [0.15, 0.2) is 0 Å². The van der Waals surface area contributed by atoms with Gasteiger partial charge in [0.25, 0.3) is 0 Å². The summed E-state index contributed by atoms with van der Waals surface area (Å²) in [6.07, 6.45) is 2.52. The summed E-state index contributed by atoms with van der Waals surface area (Å²) in [5, 5.41) is 12.4. The zero-order chi connectivity index (χ0) is 13.3. The SMILES string of the molecule is CC1CCNC(C(=O)N2CCC(C)(C(=O)O)C2)C1. The van der Waals surface area contributed by atoms with E-state index >= 15 is 0 Å². The molecule has 5 heteroatoms. The van der Waals surface area contributed by atoms with Crippen LogP contribution in [0.3, 0.4) is 0 Å². The molecule has 3 atom stereocenters. The van der Waals surface area contributed by atoms with Crippen molar-refractivity contribution in [1.29, 1.82) is 0 Å². The molecule has 5 nitrogen and oxygen atoms in total. The summed E-state index contributed by atoms with van der Waals surface area (Å²) in [6, 6.07) is -0.120. The van der Waals surface area contributed by atoms with Crippen LogP contribution in [-0.2, 0) is 9.59 Å². The van der Waals surface area contributed by atoms with E-state index in [4.69, 9.17) is 0 Å². The average molecular weight is 254 g/mol. The van der Waals surface area contributed by atoms with Crippen molar-refractivity contribution in [3.05, 3.63) is 0 Å². The number of piperidine rings is 1. The van der Waals surface area contributed by atoms with E-state index in [1.807, 2.05) is 0 Å². The Balaban J connectivity index is 1.97. The number of carbonyl (C=O) groups excluding carboxylic acids is 1. The summed E-state index contributed by atoms with van der Waals surface area (Å²) >= 11 is 0. The number of aliphatic carboxylic acids is 1. The van der Waals surface area contributed by atoms with E-state index < -0.39 is 11.4 Å². The number of carbonyl (C=O) groups is 2. The highest BCUT2D eigenvalue weighted by Crippen LogP contribution is 2.31. The highest BCUT2D eigenvalue weighted by atomic mass is 16.4. The third kappa shape index (κ3) is 2.51. The first-order valence-electron chi connectivity index (χ1n) is 6.68. The first-order valence-corrected chi connectivity index (χ1v) is 6.68. The summed E-state index contributed by atoms with van der Waals surface area (Å²) in [6.45, 7) is 5.66. The molecule has 1 amide bonds. The maximum Gasteiger partial charge on any atom is 0.311 e. The van der Waals surface area contributed by atoms with Crippen LogP contribution in [0.1, 0.15) is 33.1 Å². The second-order valence-electron chi connectivity index (χ2n) is 6.01. The molecule has 2 fully saturated rings. The van der Waals surface area contributed by atoms with E-state index in [0.29, 0.717) is 25.4 Å². The van der Waals surface area contributed by atoms with Gasteiger partial charge in [0.05, 0.1) is 11.5 Å². The Labute approximate surface area is 108 Å². The van der Waals surface area contributed by atoms with Gasteiger partial charge in [-0.05, 0) is 38.6 Å². The Morgan fingerprint density at radius 2 is 2.17 bits per heavy atom. The summed E-state index contributed by atoms with van der Waals surface area (Å²) < 4.78 is 0. The average Bonchev–Trinajstić information content (AvgIpc) is 2.72. The molecule has 102 valence electrons. The number of likely N-dealkylation sites (tertiary alicyclic amines) is 1. The molecule has 3 unspecified atom stereocenters. The van der Waals surface area contributed by atoms with E-state index in [2.05, 4.69) is 12.2 Å². The molecule has 0 aliphatic carbocycles. The summed E-state index contributed by atoms with van der Waals surface area (Å²) in [5.74, 6) is -0.164. The molecule has 0 radical (unpaired) electrons. The second-order valence-corrected chi connectivity index (χ2v) is 6.01. The first kappa shape index (κ1) is 13.3. The Morgan fingerprint density at radius 1 is 1.44 bits per heavy atom. The minimum absolute atomic E-state index is 0.0755. The quantitative estimate of drug-likeness (QED) is 0.761. The third-order valence-corrected chi connectivity index (χ3v) is 4.27. The number of nitrogens with zero attached hydrogens (tertiary/aromatic N) is 1. The van der Waals surface area contributed by atoms with Crippen molar-refractivity contribution in [2.45, 2.75) is 39.2 Å². The van der Waals surface area contributed by atoms with Crippen molar-refractivity contribution < 1.29 is 14.7 Å². The molecule has 0 aromatic carbocycles. The zero-order valence-corrected chi connectivity index (χ0v) is 11.1. The van der Waals surface area contributed by atoms with Gasteiger partial charge >= 0.3 is 5.97 Å². The number of hydrogen-bond donors (Lipinski definition) is 2. The van der Waals surface area contributed by atoms with Crippen LogP contribution in [0.4, 0.5) is 0 Å². The van der Waals surface area contributed by atoms with Crippen LogP contribution in [0.5, 0.6) is 0 Å². The van der Waals surface area contributed by atoms with Gasteiger partial charge < -0.3 is 15.3 Å². The van der Waals surface area contributed by atoms with Gasteiger partial charge in [-0.1, -0.05) is 6.92 Å². The van der Waals surface area contributed by atoms with E-state index in [1.165, 1.54) is 0 Å². The standard InChI is InChI=1S/C13H22N2O3/c1-9-3-5-14-10(7-9)11(16)15-6-4-13(2,8-15)12(17)18/h9-10,14H,3-8H2,1-2H3,(H,17,18). The van der Waals surface area contributed by atoms with Crippen molar-refractivity contribution in [3.63, 3.8) is 0 Å². The molecule has 18 heavy (non-hydrogen) atoms. The maximum atomic E-state index is 12.3. The number of rotatable bonds is 2. The van der Waals surface area contributed by atoms with Crippen LogP contribution in [-0.4, -0.2) is 47.6 Å². The van der Waals surface area contributed by atoms with Crippen molar-refractivity contribution in [2.24, 2.45) is 11.3 Å². The first-order chi connectivity index (χ1) is 8.42. The van der Waals surface area contributed by atoms with Crippen molar-refractivity contribution in [2.75, 3.05) is 19.6 Å². The van der Waals surface area contributed by atoms with Gasteiger partial charge in [0.15, 0.2) is 0 Å². The molecule has 2 aliphatic heterocycles. The zero-order valence-electron chi connectivity index (χ0n) is 11.1. The molecule has 2 rings (SSSR count). The molecule has 0 saturated carbocycles. The molecule has 0 spiro atoms. The fourth-order valence-corrected chi connectivity index (χ4v) is 2.84. The van der Waals surface area contributed by atoms with Crippen LogP contribution < -0.4 is 5.32 Å². The lowest BCUT2D eigenvalue weighted by Crippen LogP contribution is -2.50. The Hall–Kier alpha value is -1.10. The van der Waals surface area contributed by atoms with Crippen LogP contribution >= 0.6 is 0 Å². The molecule has 2 saturated heterocycles. The lowest BCUT2D eigenvalue weighted by atomic mass is 9.90. The van der Waals surface area contributed by atoms with Crippen molar-refractivity contribution in [1.82, 2.24) is 10.2 Å². The predicted molar refractivity (Wildman–Crippen MR) is 67.1 cm³/mol. The number of nitrogens with one attached hydrogen (secondary N) is 1.